The van der Waals surface area contributed by atoms with Crippen LogP contribution in [0.2, 0.25) is 0 Å². The average molecular weight is 351 g/mol. The Morgan fingerprint density at radius 2 is 1.69 bits per heavy atom. The lowest BCUT2D eigenvalue weighted by molar-refractivity contribution is 0.0519. The monoisotopic (exact) mass is 351 g/mol. The molecule has 0 saturated heterocycles. The van der Waals surface area contributed by atoms with Gasteiger partial charge in [0.2, 0.25) is 0 Å². The predicted molar refractivity (Wildman–Crippen MR) is 94.6 cm³/mol. The molecular formula is C19H17N3O4. The van der Waals surface area contributed by atoms with Gasteiger partial charge < -0.3 is 9.47 Å². The minimum absolute atomic E-state index is 0.144. The molecule has 0 bridgehead atoms. The lowest BCUT2D eigenvalue weighted by Gasteiger charge is -2.06. The van der Waals surface area contributed by atoms with E-state index in [1.807, 2.05) is 36.4 Å². The molecule has 132 valence electrons. The number of esters is 2. The molecule has 1 aromatic heterocycles. The van der Waals surface area contributed by atoms with Crippen LogP contribution >= 0.6 is 0 Å². The Labute approximate surface area is 150 Å². The minimum atomic E-state index is -0.524. The van der Waals surface area contributed by atoms with Crippen molar-refractivity contribution in [3.63, 3.8) is 0 Å². The number of methoxy groups -OCH3 is 1. The van der Waals surface area contributed by atoms with Crippen molar-refractivity contribution in [1.82, 2.24) is 15.4 Å². The Morgan fingerprint density at radius 3 is 2.38 bits per heavy atom. The predicted octanol–water partition coefficient (Wildman–Crippen LogP) is 3.10. The quantitative estimate of drug-likeness (QED) is 0.710. The first-order valence-corrected chi connectivity index (χ1v) is 8.01. The molecule has 3 rings (SSSR count). The van der Waals surface area contributed by atoms with Crippen molar-refractivity contribution in [2.75, 3.05) is 13.7 Å². The summed E-state index contributed by atoms with van der Waals surface area (Å²) in [5, 5.41) is 10.4. The van der Waals surface area contributed by atoms with Crippen LogP contribution < -0.4 is 0 Å². The molecule has 0 aliphatic carbocycles. The number of ether oxygens (including phenoxy) is 2. The molecule has 0 saturated carbocycles. The van der Waals surface area contributed by atoms with Crippen LogP contribution in [0.15, 0.2) is 48.5 Å². The summed E-state index contributed by atoms with van der Waals surface area (Å²) in [4.78, 5) is 23.5. The van der Waals surface area contributed by atoms with Gasteiger partial charge in [-0.3, -0.25) is 0 Å². The van der Waals surface area contributed by atoms with Crippen molar-refractivity contribution in [2.24, 2.45) is 0 Å². The summed E-state index contributed by atoms with van der Waals surface area (Å²) < 4.78 is 9.71. The van der Waals surface area contributed by atoms with E-state index in [-0.39, 0.29) is 18.3 Å². The zero-order chi connectivity index (χ0) is 18.5. The van der Waals surface area contributed by atoms with Crippen molar-refractivity contribution < 1.29 is 19.1 Å². The van der Waals surface area contributed by atoms with Crippen LogP contribution in [0.3, 0.4) is 0 Å². The fraction of sp³-hybridized carbons (Fsp3) is 0.158. The van der Waals surface area contributed by atoms with Gasteiger partial charge in [-0.25, -0.2) is 9.59 Å². The van der Waals surface area contributed by atoms with Gasteiger partial charge in [-0.05, 0) is 36.2 Å². The highest BCUT2D eigenvalue weighted by Crippen LogP contribution is 2.27. The van der Waals surface area contributed by atoms with Gasteiger partial charge in [-0.15, -0.1) is 5.10 Å². The molecular weight excluding hydrogens is 334 g/mol. The van der Waals surface area contributed by atoms with Crippen LogP contribution in [0.4, 0.5) is 0 Å². The first kappa shape index (κ1) is 17.3. The number of carbonyl (C=O) groups excluding carboxylic acids is 2. The number of nitrogens with zero attached hydrogens (tertiary/aromatic N) is 2. The van der Waals surface area contributed by atoms with Crippen molar-refractivity contribution in [2.45, 2.75) is 6.92 Å². The molecule has 0 aliphatic rings. The second kappa shape index (κ2) is 7.60. The molecule has 0 radical (unpaired) electrons. The number of H-pyrrole nitrogens is 1. The molecule has 26 heavy (non-hydrogen) atoms. The lowest BCUT2D eigenvalue weighted by Crippen LogP contribution is -2.06. The third-order valence-corrected chi connectivity index (χ3v) is 3.79. The van der Waals surface area contributed by atoms with Crippen molar-refractivity contribution >= 4 is 11.9 Å². The number of hydrogen-bond donors (Lipinski definition) is 1. The van der Waals surface area contributed by atoms with E-state index in [9.17, 15) is 9.59 Å². The summed E-state index contributed by atoms with van der Waals surface area (Å²) >= 11 is 0. The van der Waals surface area contributed by atoms with Crippen molar-refractivity contribution in [3.8, 4) is 22.4 Å². The standard InChI is InChI=1S/C19H17N3O4/c1-3-26-19(24)17-16(20-22-21-17)15-6-4-5-14(11-15)12-7-9-13(10-8-12)18(23)25-2/h4-11H,3H2,1-2H3,(H,20,21,22). The van der Waals surface area contributed by atoms with Gasteiger partial charge in [-0.1, -0.05) is 30.3 Å². The first-order chi connectivity index (χ1) is 12.6. The Morgan fingerprint density at radius 1 is 0.962 bits per heavy atom. The zero-order valence-corrected chi connectivity index (χ0v) is 14.4. The summed E-state index contributed by atoms with van der Waals surface area (Å²) in [6.07, 6.45) is 0. The summed E-state index contributed by atoms with van der Waals surface area (Å²) in [5.41, 5.74) is 3.61. The van der Waals surface area contributed by atoms with Crippen LogP contribution in [-0.4, -0.2) is 41.1 Å². The number of aromatic amines is 1. The van der Waals surface area contributed by atoms with E-state index in [4.69, 9.17) is 9.47 Å². The Hall–Kier alpha value is -3.48. The number of hydrogen-bond acceptors (Lipinski definition) is 6. The van der Waals surface area contributed by atoms with Crippen LogP contribution in [0, 0.1) is 0 Å². The van der Waals surface area contributed by atoms with Gasteiger partial charge >= 0.3 is 11.9 Å². The topological polar surface area (TPSA) is 94.2 Å². The minimum Gasteiger partial charge on any atom is -0.465 e. The smallest absolute Gasteiger partial charge is 0.361 e. The van der Waals surface area contributed by atoms with Crippen LogP contribution in [0.5, 0.6) is 0 Å². The van der Waals surface area contributed by atoms with Crippen LogP contribution in [-0.2, 0) is 9.47 Å². The third kappa shape index (κ3) is 3.46. The van der Waals surface area contributed by atoms with E-state index in [1.165, 1.54) is 7.11 Å². The molecule has 0 amide bonds. The van der Waals surface area contributed by atoms with E-state index in [2.05, 4.69) is 15.4 Å². The normalized spacial score (nSPS) is 10.4. The highest BCUT2D eigenvalue weighted by molar-refractivity contribution is 5.94. The highest BCUT2D eigenvalue weighted by Gasteiger charge is 2.19. The molecule has 0 atom stereocenters. The van der Waals surface area contributed by atoms with Gasteiger partial charge in [0.1, 0.15) is 5.69 Å². The maximum Gasteiger partial charge on any atom is 0.361 e. The number of benzene rings is 2. The Bertz CT molecular complexity index is 932. The Balaban J connectivity index is 1.93. The molecule has 2 aromatic carbocycles. The zero-order valence-electron chi connectivity index (χ0n) is 14.4. The van der Waals surface area contributed by atoms with Crippen molar-refractivity contribution in [3.05, 3.63) is 59.8 Å². The molecule has 7 heteroatoms. The maximum atomic E-state index is 12.0. The number of carbonyl (C=O) groups is 2. The largest absolute Gasteiger partial charge is 0.465 e. The average Bonchev–Trinajstić information content (AvgIpc) is 3.18. The van der Waals surface area contributed by atoms with E-state index in [1.54, 1.807) is 19.1 Å². The van der Waals surface area contributed by atoms with Gasteiger partial charge in [0.15, 0.2) is 5.69 Å². The molecule has 3 aromatic rings. The summed E-state index contributed by atoms with van der Waals surface area (Å²) in [7, 11) is 1.35. The van der Waals surface area contributed by atoms with Crippen LogP contribution in [0.1, 0.15) is 27.8 Å². The number of nitrogens with one attached hydrogen (secondary N) is 1. The molecule has 1 N–H and O–H groups in total. The SMILES string of the molecule is CCOC(=O)c1n[nH]nc1-c1cccc(-c2ccc(C(=O)OC)cc2)c1. The Kier molecular flexibility index (Phi) is 5.07. The van der Waals surface area contributed by atoms with Gasteiger partial charge in [0.05, 0.1) is 19.3 Å². The summed E-state index contributed by atoms with van der Waals surface area (Å²) in [6.45, 7) is 1.99. The first-order valence-electron chi connectivity index (χ1n) is 8.01. The molecule has 0 unspecified atom stereocenters. The lowest BCUT2D eigenvalue weighted by atomic mass is 10.00. The molecule has 0 fully saturated rings. The van der Waals surface area contributed by atoms with E-state index < -0.39 is 5.97 Å². The van der Waals surface area contributed by atoms with E-state index in [0.29, 0.717) is 11.3 Å². The summed E-state index contributed by atoms with van der Waals surface area (Å²) in [6, 6.07) is 14.6. The third-order valence-electron chi connectivity index (χ3n) is 3.79. The molecule has 0 aliphatic heterocycles. The van der Waals surface area contributed by atoms with E-state index in [0.717, 1.165) is 16.7 Å². The van der Waals surface area contributed by atoms with Gasteiger partial charge in [-0.2, -0.15) is 10.3 Å². The van der Waals surface area contributed by atoms with Crippen molar-refractivity contribution in [1.29, 1.82) is 0 Å². The fourth-order valence-electron chi connectivity index (χ4n) is 2.54. The number of rotatable bonds is 5. The second-order valence-electron chi connectivity index (χ2n) is 5.39. The molecule has 1 heterocycles. The molecule has 7 nitrogen and oxygen atoms in total. The summed E-state index contributed by atoms with van der Waals surface area (Å²) in [5.74, 6) is -0.906. The maximum absolute atomic E-state index is 12.0. The van der Waals surface area contributed by atoms with Gasteiger partial charge in [0, 0.05) is 5.56 Å². The van der Waals surface area contributed by atoms with E-state index >= 15 is 0 Å². The van der Waals surface area contributed by atoms with Crippen LogP contribution in [0.25, 0.3) is 22.4 Å². The number of aromatic nitrogens is 3. The second-order valence-corrected chi connectivity index (χ2v) is 5.39. The molecule has 0 spiro atoms. The highest BCUT2D eigenvalue weighted by atomic mass is 16.5. The van der Waals surface area contributed by atoms with Gasteiger partial charge in [0.25, 0.3) is 0 Å². The fourth-order valence-corrected chi connectivity index (χ4v) is 2.54.